The zero-order chi connectivity index (χ0) is 25.7. The summed E-state index contributed by atoms with van der Waals surface area (Å²) in [6.07, 6.45) is 1.89. The van der Waals surface area contributed by atoms with Gasteiger partial charge in [-0.15, -0.1) is 11.3 Å². The largest absolute Gasteiger partial charge is 0.478 e. The number of anilines is 2. The van der Waals surface area contributed by atoms with E-state index < -0.39 is 27.1 Å². The summed E-state index contributed by atoms with van der Waals surface area (Å²) < 4.78 is 49.9. The van der Waals surface area contributed by atoms with Crippen LogP contribution in [0.1, 0.15) is 27.9 Å². The van der Waals surface area contributed by atoms with Crippen LogP contribution < -0.4 is 4.31 Å². The number of aromatic carboxylic acids is 1. The predicted molar refractivity (Wildman–Crippen MR) is 141 cm³/mol. The van der Waals surface area contributed by atoms with Crippen molar-refractivity contribution in [2.75, 3.05) is 4.31 Å². The van der Waals surface area contributed by atoms with E-state index in [2.05, 4.69) is 0 Å². The fourth-order valence-electron chi connectivity index (χ4n) is 3.82. The molecule has 0 amide bonds. The van der Waals surface area contributed by atoms with E-state index in [1.807, 2.05) is 18.2 Å². The van der Waals surface area contributed by atoms with Crippen LogP contribution >= 0.6 is 11.3 Å². The molecule has 4 aromatic rings. The van der Waals surface area contributed by atoms with Crippen molar-refractivity contribution in [3.63, 3.8) is 0 Å². The Morgan fingerprint density at radius 1 is 0.889 bits per heavy atom. The molecule has 0 aliphatic rings. The first-order valence-electron chi connectivity index (χ1n) is 11.0. The Hall–Kier alpha value is -3.31. The van der Waals surface area contributed by atoms with Crippen molar-refractivity contribution in [1.29, 1.82) is 0 Å². The van der Waals surface area contributed by atoms with Crippen LogP contribution in [0.3, 0.4) is 0 Å². The number of hydrogen-bond acceptors (Lipinski definition) is 5. The van der Waals surface area contributed by atoms with Crippen LogP contribution in [0.4, 0.5) is 10.7 Å². The van der Waals surface area contributed by atoms with Gasteiger partial charge >= 0.3 is 5.97 Å². The number of carbonyl (C=O) groups is 1. The molecule has 0 saturated carbocycles. The van der Waals surface area contributed by atoms with Gasteiger partial charge in [-0.25, -0.2) is 21.7 Å². The lowest BCUT2D eigenvalue weighted by atomic mass is 10.0. The van der Waals surface area contributed by atoms with Gasteiger partial charge in [-0.2, -0.15) is 0 Å². The number of carboxylic acids is 1. The fourth-order valence-corrected chi connectivity index (χ4v) is 7.33. The van der Waals surface area contributed by atoms with Gasteiger partial charge in [-0.05, 0) is 72.9 Å². The highest BCUT2D eigenvalue weighted by atomic mass is 32.2. The van der Waals surface area contributed by atoms with E-state index in [0.29, 0.717) is 30.0 Å². The van der Waals surface area contributed by atoms with Crippen molar-refractivity contribution in [1.82, 2.24) is 0 Å². The zero-order valence-electron chi connectivity index (χ0n) is 19.0. The molecule has 1 heterocycles. The molecule has 0 aliphatic carbocycles. The number of nitrogens with zero attached hydrogens (tertiary/aromatic N) is 1. The quantitative estimate of drug-likeness (QED) is 0.248. The summed E-state index contributed by atoms with van der Waals surface area (Å²) in [7, 11) is -3.75. The van der Waals surface area contributed by atoms with Gasteiger partial charge in [0.25, 0.3) is 11.3 Å². The molecule has 186 valence electrons. The molecule has 1 unspecified atom stereocenters. The molecule has 0 saturated heterocycles. The Bertz CT molecular complexity index is 1500. The molecule has 1 aromatic heterocycles. The average molecular weight is 542 g/mol. The second-order valence-electron chi connectivity index (χ2n) is 7.92. The van der Waals surface area contributed by atoms with Gasteiger partial charge in [0.2, 0.25) is 9.84 Å². The summed E-state index contributed by atoms with van der Waals surface area (Å²) in [6, 6.07) is 25.0. The average Bonchev–Trinajstić information content (AvgIpc) is 3.36. The molecule has 36 heavy (non-hydrogen) atoms. The molecule has 0 spiro atoms. The van der Waals surface area contributed by atoms with Crippen LogP contribution in [-0.4, -0.2) is 28.3 Å². The number of para-hydroxylation sites is 1. The van der Waals surface area contributed by atoms with Gasteiger partial charge in [0.1, 0.15) is 9.21 Å². The summed E-state index contributed by atoms with van der Waals surface area (Å²) in [4.78, 5) is 11.4. The Morgan fingerprint density at radius 3 is 2.33 bits per heavy atom. The number of hydrogen-bond donors (Lipinski definition) is 2. The minimum absolute atomic E-state index is 0.0787. The third-order valence-corrected chi connectivity index (χ3v) is 9.69. The van der Waals surface area contributed by atoms with Crippen LogP contribution in [0.15, 0.2) is 100 Å². The molecular formula is C26H23NO6S3. The molecule has 0 aliphatic heterocycles. The fraction of sp³-hybridized carbons (Fsp3) is 0.115. The smallest absolute Gasteiger partial charge is 0.335 e. The van der Waals surface area contributed by atoms with Crippen LogP contribution in [0.2, 0.25) is 0 Å². The van der Waals surface area contributed by atoms with Crippen LogP contribution in [0, 0.1) is 0 Å². The van der Waals surface area contributed by atoms with E-state index in [-0.39, 0.29) is 14.7 Å². The highest BCUT2D eigenvalue weighted by Crippen LogP contribution is 2.38. The minimum atomic E-state index is -3.75. The van der Waals surface area contributed by atoms with E-state index in [4.69, 9.17) is 0 Å². The number of thiophene rings is 1. The van der Waals surface area contributed by atoms with Gasteiger partial charge in [-0.1, -0.05) is 48.5 Å². The molecule has 4 rings (SSSR count). The zero-order valence-corrected chi connectivity index (χ0v) is 21.4. The molecule has 2 N–H and O–H groups in total. The SMILES string of the molecule is O=C(O)c1cccc(CCCc2ccccc2N(c2ccc(S(=O)(=O)c3ccccc3)s2)S(=O)O)c1. The van der Waals surface area contributed by atoms with Crippen molar-refractivity contribution in [3.05, 3.63) is 108 Å². The van der Waals surface area contributed by atoms with E-state index in [0.717, 1.165) is 22.5 Å². The van der Waals surface area contributed by atoms with Crippen molar-refractivity contribution in [2.24, 2.45) is 0 Å². The summed E-state index contributed by atoms with van der Waals surface area (Å²) in [6.45, 7) is 0. The van der Waals surface area contributed by atoms with Gasteiger partial charge in [-0.3, -0.25) is 4.55 Å². The number of aryl methyl sites for hydroxylation is 2. The van der Waals surface area contributed by atoms with Gasteiger partial charge in [0, 0.05) is 0 Å². The second-order valence-corrected chi connectivity index (χ2v) is 12.0. The van der Waals surface area contributed by atoms with Crippen molar-refractivity contribution < 1.29 is 27.1 Å². The number of sulfone groups is 1. The maximum Gasteiger partial charge on any atom is 0.335 e. The maximum atomic E-state index is 13.0. The highest BCUT2D eigenvalue weighted by molar-refractivity contribution is 7.93. The predicted octanol–water partition coefficient (Wildman–Crippen LogP) is 5.73. The molecule has 0 radical (unpaired) electrons. The molecule has 0 bridgehead atoms. The van der Waals surface area contributed by atoms with Crippen LogP contribution in [0.25, 0.3) is 0 Å². The van der Waals surface area contributed by atoms with Crippen LogP contribution in [0.5, 0.6) is 0 Å². The topological polar surface area (TPSA) is 112 Å². The molecular weight excluding hydrogens is 518 g/mol. The Labute approximate surface area is 216 Å². The second kappa shape index (κ2) is 11.2. The first kappa shape index (κ1) is 25.8. The summed E-state index contributed by atoms with van der Waals surface area (Å²) >= 11 is -1.51. The maximum absolute atomic E-state index is 13.0. The summed E-state index contributed by atoms with van der Waals surface area (Å²) in [5.41, 5.74) is 2.44. The molecule has 10 heteroatoms. The summed E-state index contributed by atoms with van der Waals surface area (Å²) in [5.74, 6) is -0.979. The molecule has 7 nitrogen and oxygen atoms in total. The van der Waals surface area contributed by atoms with E-state index >= 15 is 0 Å². The lowest BCUT2D eigenvalue weighted by Gasteiger charge is -2.21. The standard InChI is InChI=1S/C26H23NO6S3/c28-26(29)21-12-7-9-19(18-21)8-6-11-20-10-4-5-15-23(20)27(35(30)31)24-16-17-25(34-24)36(32,33)22-13-2-1-3-14-22/h1-5,7,9-10,12-18H,6,8,11H2,(H,28,29)(H,30,31). The lowest BCUT2D eigenvalue weighted by molar-refractivity contribution is 0.0696. The minimum Gasteiger partial charge on any atom is -0.478 e. The monoisotopic (exact) mass is 541 g/mol. The van der Waals surface area contributed by atoms with Gasteiger partial charge in [0.15, 0.2) is 0 Å². The van der Waals surface area contributed by atoms with Crippen molar-refractivity contribution in [3.8, 4) is 0 Å². The van der Waals surface area contributed by atoms with E-state index in [1.165, 1.54) is 28.6 Å². The van der Waals surface area contributed by atoms with Crippen LogP contribution in [-0.2, 0) is 33.9 Å². The number of benzene rings is 3. The molecule has 1 atom stereocenters. The van der Waals surface area contributed by atoms with Crippen molar-refractivity contribution in [2.45, 2.75) is 28.4 Å². The molecule has 0 fully saturated rings. The normalized spacial score (nSPS) is 12.2. The molecule has 3 aromatic carbocycles. The third kappa shape index (κ3) is 5.73. The van der Waals surface area contributed by atoms with Crippen molar-refractivity contribution >= 4 is 49.1 Å². The Kier molecular flexibility index (Phi) is 8.00. The number of rotatable bonds is 10. The Balaban J connectivity index is 1.58. The van der Waals surface area contributed by atoms with E-state index in [1.54, 1.807) is 48.5 Å². The first-order chi connectivity index (χ1) is 17.3. The Morgan fingerprint density at radius 2 is 1.61 bits per heavy atom. The first-order valence-corrected chi connectivity index (χ1v) is 14.3. The highest BCUT2D eigenvalue weighted by Gasteiger charge is 2.25. The van der Waals surface area contributed by atoms with Gasteiger partial charge < -0.3 is 5.11 Å². The summed E-state index contributed by atoms with van der Waals surface area (Å²) in [5, 5.41) is 9.52. The van der Waals surface area contributed by atoms with E-state index in [9.17, 15) is 27.1 Å². The third-order valence-electron chi connectivity index (χ3n) is 5.54. The van der Waals surface area contributed by atoms with Gasteiger partial charge in [0.05, 0.1) is 16.1 Å². The lowest BCUT2D eigenvalue weighted by Crippen LogP contribution is -2.19. The number of carboxylic acid groups (broad SMARTS) is 1.